The number of aliphatic carboxylic acids is 1. The lowest BCUT2D eigenvalue weighted by Gasteiger charge is -2.38. The lowest BCUT2D eigenvalue weighted by molar-refractivity contribution is -0.177. The molecule has 1 amide bonds. The molecule has 0 unspecified atom stereocenters. The first-order valence-corrected chi connectivity index (χ1v) is 11.1. The van der Waals surface area contributed by atoms with Gasteiger partial charge in [-0.15, -0.1) is 0 Å². The Kier molecular flexibility index (Phi) is 11.4. The normalized spacial score (nSPS) is 14.1. The fourth-order valence-electron chi connectivity index (χ4n) is 2.45. The molecule has 170 valence electrons. The van der Waals surface area contributed by atoms with E-state index in [0.717, 1.165) is 0 Å². The number of esters is 1. The van der Waals surface area contributed by atoms with Crippen molar-refractivity contribution in [3.05, 3.63) is 0 Å². The highest BCUT2D eigenvalue weighted by atomic mass is 32.2. The van der Waals surface area contributed by atoms with E-state index in [1.54, 1.807) is 0 Å². The molecule has 1 atom stereocenters. The molecule has 0 heterocycles. The number of carbonyl (C=O) groups is 3. The van der Waals surface area contributed by atoms with Crippen molar-refractivity contribution >= 4 is 28.0 Å². The number of hydrogen-bond acceptors (Lipinski definition) is 8. The smallest absolute Gasteiger partial charge is 0.336 e. The highest BCUT2D eigenvalue weighted by Gasteiger charge is 2.50. The van der Waals surface area contributed by atoms with Gasteiger partial charge in [0.2, 0.25) is 5.91 Å². The Labute approximate surface area is 172 Å². The molecule has 0 aromatic rings. The summed E-state index contributed by atoms with van der Waals surface area (Å²) in [6, 6.07) is 0. The van der Waals surface area contributed by atoms with Crippen LogP contribution in [0.2, 0.25) is 0 Å². The lowest BCUT2D eigenvalue weighted by Crippen LogP contribution is -2.54. The van der Waals surface area contributed by atoms with Crippen LogP contribution >= 0.6 is 0 Å². The molecule has 3 N–H and O–H groups in total. The summed E-state index contributed by atoms with van der Waals surface area (Å²) < 4.78 is 33.9. The van der Waals surface area contributed by atoms with Gasteiger partial charge in [0.25, 0.3) is 10.1 Å². The minimum Gasteiger partial charge on any atom is -0.479 e. The van der Waals surface area contributed by atoms with Crippen LogP contribution in [0.25, 0.3) is 0 Å². The molecule has 0 fully saturated rings. The number of carboxylic acids is 1. The molecule has 0 saturated carbocycles. The number of carbonyl (C=O) groups excluding carboxylic acids is 2. The Morgan fingerprint density at radius 1 is 1.14 bits per heavy atom. The maximum atomic E-state index is 12.0. The van der Waals surface area contributed by atoms with E-state index in [2.05, 4.69) is 5.32 Å². The van der Waals surface area contributed by atoms with Crippen LogP contribution in [-0.4, -0.2) is 67.6 Å². The minimum absolute atomic E-state index is 0.0488. The van der Waals surface area contributed by atoms with Crippen molar-refractivity contribution in [1.82, 2.24) is 5.32 Å². The summed E-state index contributed by atoms with van der Waals surface area (Å²) in [6.45, 7) is 5.47. The highest BCUT2D eigenvalue weighted by Crippen LogP contribution is 2.36. The van der Waals surface area contributed by atoms with Crippen LogP contribution in [0.5, 0.6) is 0 Å². The van der Waals surface area contributed by atoms with Gasteiger partial charge in [-0.1, -0.05) is 20.8 Å². The molecular formula is C18H33NO9S. The van der Waals surface area contributed by atoms with E-state index < -0.39 is 39.7 Å². The Morgan fingerprint density at radius 3 is 2.28 bits per heavy atom. The van der Waals surface area contributed by atoms with Gasteiger partial charge in [0.1, 0.15) is 0 Å². The maximum absolute atomic E-state index is 12.0. The second kappa shape index (κ2) is 12.1. The van der Waals surface area contributed by atoms with Gasteiger partial charge in [-0.2, -0.15) is 8.42 Å². The van der Waals surface area contributed by atoms with Gasteiger partial charge in [-0.3, -0.25) is 13.8 Å². The zero-order valence-corrected chi connectivity index (χ0v) is 18.3. The van der Waals surface area contributed by atoms with Crippen LogP contribution < -0.4 is 5.32 Å². The third-order valence-electron chi connectivity index (χ3n) is 4.42. The van der Waals surface area contributed by atoms with Crippen molar-refractivity contribution in [2.75, 3.05) is 25.5 Å². The fraction of sp³-hybridized carbons (Fsp3) is 0.833. The average molecular weight is 440 g/mol. The van der Waals surface area contributed by atoms with Gasteiger partial charge >= 0.3 is 11.9 Å². The molecule has 11 heteroatoms. The summed E-state index contributed by atoms with van der Waals surface area (Å²) in [4.78, 5) is 33.8. The third kappa shape index (κ3) is 10.0. The van der Waals surface area contributed by atoms with Crippen molar-refractivity contribution in [3.8, 4) is 0 Å². The lowest BCUT2D eigenvalue weighted by atomic mass is 9.73. The predicted molar refractivity (Wildman–Crippen MR) is 105 cm³/mol. The summed E-state index contributed by atoms with van der Waals surface area (Å²) in [5.74, 6) is -2.56. The standard InChI is InChI=1S/C18H33NO9S/c1-5-8-15(21)27-11-6-9-18(24,16(22)23)17(3,4)13-28-29(25,26)12-7-10-19-14(2)20/h24H,5-13H2,1-4H3,(H,19,20)(H,22,23)/t18-/m0/s1. The molecule has 29 heavy (non-hydrogen) atoms. The van der Waals surface area contributed by atoms with Gasteiger partial charge < -0.3 is 20.3 Å². The number of aliphatic hydroxyl groups is 1. The van der Waals surface area contributed by atoms with Crippen LogP contribution in [0, 0.1) is 5.41 Å². The number of hydrogen-bond donors (Lipinski definition) is 3. The Hall–Kier alpha value is -1.72. The van der Waals surface area contributed by atoms with Crippen LogP contribution in [0.3, 0.4) is 0 Å². The molecule has 0 rings (SSSR count). The molecule has 10 nitrogen and oxygen atoms in total. The molecule has 0 bridgehead atoms. The largest absolute Gasteiger partial charge is 0.479 e. The van der Waals surface area contributed by atoms with Crippen molar-refractivity contribution in [2.45, 2.75) is 65.4 Å². The SMILES string of the molecule is CCCC(=O)OCCC[C@](O)(C(=O)O)C(C)(C)COS(=O)(=O)CCCNC(C)=O. The van der Waals surface area contributed by atoms with E-state index in [0.29, 0.717) is 6.42 Å². The zero-order valence-electron chi connectivity index (χ0n) is 17.5. The molecule has 0 saturated heterocycles. The second-order valence-electron chi connectivity index (χ2n) is 7.48. The third-order valence-corrected chi connectivity index (χ3v) is 5.68. The van der Waals surface area contributed by atoms with Gasteiger partial charge in [0, 0.05) is 25.3 Å². The first-order valence-electron chi connectivity index (χ1n) is 9.50. The van der Waals surface area contributed by atoms with E-state index in [4.69, 9.17) is 8.92 Å². The predicted octanol–water partition coefficient (Wildman–Crippen LogP) is 0.824. The summed E-state index contributed by atoms with van der Waals surface area (Å²) in [7, 11) is -3.97. The van der Waals surface area contributed by atoms with E-state index in [1.807, 2.05) is 6.92 Å². The van der Waals surface area contributed by atoms with Gasteiger partial charge in [-0.25, -0.2) is 4.79 Å². The molecule has 0 aliphatic carbocycles. The molecule has 0 aliphatic rings. The topological polar surface area (TPSA) is 156 Å². The Balaban J connectivity index is 4.79. The molecule has 0 radical (unpaired) electrons. The van der Waals surface area contributed by atoms with Crippen molar-refractivity contribution < 1.29 is 41.9 Å². The van der Waals surface area contributed by atoms with Gasteiger partial charge in [-0.05, 0) is 25.7 Å². The minimum atomic E-state index is -3.97. The number of carboxylic acid groups (broad SMARTS) is 1. The quantitative estimate of drug-likeness (QED) is 0.191. The number of ether oxygens (including phenoxy) is 1. The van der Waals surface area contributed by atoms with Crippen LogP contribution in [0.15, 0.2) is 0 Å². The average Bonchev–Trinajstić information content (AvgIpc) is 2.60. The van der Waals surface area contributed by atoms with Crippen LogP contribution in [0.4, 0.5) is 0 Å². The molecule has 0 aromatic heterocycles. The molecule has 0 spiro atoms. The Bertz CT molecular complexity index is 660. The zero-order chi connectivity index (χ0) is 22.7. The summed E-state index contributed by atoms with van der Waals surface area (Å²) >= 11 is 0. The molecule has 0 aromatic carbocycles. The summed E-state index contributed by atoms with van der Waals surface area (Å²) in [5.41, 5.74) is -3.73. The van der Waals surface area contributed by atoms with E-state index >= 15 is 0 Å². The van der Waals surface area contributed by atoms with Gasteiger partial charge in [0.15, 0.2) is 5.60 Å². The number of rotatable bonds is 15. The van der Waals surface area contributed by atoms with Gasteiger partial charge in [0.05, 0.1) is 19.0 Å². The van der Waals surface area contributed by atoms with E-state index in [-0.39, 0.29) is 50.5 Å². The maximum Gasteiger partial charge on any atom is 0.336 e. The number of amides is 1. The molecule has 0 aliphatic heterocycles. The summed E-state index contributed by atoms with van der Waals surface area (Å²) in [6.07, 6.45) is 0.852. The molecular weight excluding hydrogens is 406 g/mol. The number of nitrogens with one attached hydrogen (secondary N) is 1. The highest BCUT2D eigenvalue weighted by molar-refractivity contribution is 7.86. The van der Waals surface area contributed by atoms with Crippen molar-refractivity contribution in [3.63, 3.8) is 0 Å². The Morgan fingerprint density at radius 2 is 1.76 bits per heavy atom. The van der Waals surface area contributed by atoms with Crippen LogP contribution in [-0.2, 0) is 33.4 Å². The monoisotopic (exact) mass is 439 g/mol. The first-order chi connectivity index (χ1) is 13.3. The fourth-order valence-corrected chi connectivity index (χ4v) is 3.54. The van der Waals surface area contributed by atoms with E-state index in [9.17, 15) is 33.0 Å². The van der Waals surface area contributed by atoms with E-state index in [1.165, 1.54) is 20.8 Å². The van der Waals surface area contributed by atoms with Crippen molar-refractivity contribution in [1.29, 1.82) is 0 Å². The van der Waals surface area contributed by atoms with Crippen molar-refractivity contribution in [2.24, 2.45) is 5.41 Å². The second-order valence-corrected chi connectivity index (χ2v) is 9.24. The van der Waals surface area contributed by atoms with Crippen LogP contribution in [0.1, 0.15) is 59.8 Å². The first kappa shape index (κ1) is 27.3. The summed E-state index contributed by atoms with van der Waals surface area (Å²) in [5, 5.41) is 22.7.